The van der Waals surface area contributed by atoms with Gasteiger partial charge in [0.05, 0.1) is 17.2 Å². The summed E-state index contributed by atoms with van der Waals surface area (Å²) in [6, 6.07) is 16.3. The normalized spacial score (nSPS) is 11.3. The van der Waals surface area contributed by atoms with Gasteiger partial charge in [0, 0.05) is 12.7 Å². The quantitative estimate of drug-likeness (QED) is 0.598. The molecule has 0 unspecified atom stereocenters. The van der Waals surface area contributed by atoms with Crippen LogP contribution >= 0.6 is 11.3 Å². The van der Waals surface area contributed by atoms with Crippen molar-refractivity contribution in [2.45, 2.75) is 0 Å². The van der Waals surface area contributed by atoms with Crippen LogP contribution in [0.4, 0.5) is 0 Å². The number of aromatic nitrogens is 3. The second-order valence-corrected chi connectivity index (χ2v) is 6.73. The van der Waals surface area contributed by atoms with E-state index in [-0.39, 0.29) is 5.91 Å². The van der Waals surface area contributed by atoms with E-state index in [2.05, 4.69) is 38.1 Å². The minimum Gasteiger partial charge on any atom is -0.354 e. The fourth-order valence-electron chi connectivity index (χ4n) is 2.67. The van der Waals surface area contributed by atoms with Gasteiger partial charge in [0.25, 0.3) is 5.91 Å². The maximum absolute atomic E-state index is 11.6. The lowest BCUT2D eigenvalue weighted by atomic mass is 10.2. The maximum atomic E-state index is 11.6. The molecule has 2 aromatic carbocycles. The van der Waals surface area contributed by atoms with Gasteiger partial charge >= 0.3 is 0 Å². The summed E-state index contributed by atoms with van der Waals surface area (Å²) in [6.07, 6.45) is 7.34. The second-order valence-electron chi connectivity index (χ2n) is 5.67. The van der Waals surface area contributed by atoms with E-state index in [4.69, 9.17) is 0 Å². The van der Waals surface area contributed by atoms with Crippen LogP contribution in [-0.4, -0.2) is 27.5 Å². The number of carbonyl (C=O) groups excluding carboxylic acids is 1. The van der Waals surface area contributed by atoms with Crippen LogP contribution in [0.1, 0.15) is 20.2 Å². The number of nitrogens with one attached hydrogen (secondary N) is 1. The first kappa shape index (κ1) is 16.2. The Morgan fingerprint density at radius 3 is 2.69 bits per heavy atom. The molecular formula is C20H16N4OS. The molecule has 0 aliphatic heterocycles. The highest BCUT2D eigenvalue weighted by Crippen LogP contribution is 2.20. The van der Waals surface area contributed by atoms with Crippen molar-refractivity contribution in [3.8, 4) is 5.69 Å². The van der Waals surface area contributed by atoms with Crippen LogP contribution in [0.15, 0.2) is 61.1 Å². The van der Waals surface area contributed by atoms with Gasteiger partial charge in [-0.1, -0.05) is 30.3 Å². The number of rotatable bonds is 4. The Bertz CT molecular complexity index is 1090. The third kappa shape index (κ3) is 3.14. The van der Waals surface area contributed by atoms with Crippen LogP contribution in [0.2, 0.25) is 0 Å². The zero-order valence-electron chi connectivity index (χ0n) is 14.1. The number of nitrogens with zero attached hydrogens (tertiary/aromatic N) is 3. The van der Waals surface area contributed by atoms with Crippen molar-refractivity contribution in [2.75, 3.05) is 7.05 Å². The summed E-state index contributed by atoms with van der Waals surface area (Å²) in [5.74, 6) is -0.112. The molecule has 2 aromatic heterocycles. The van der Waals surface area contributed by atoms with E-state index in [0.29, 0.717) is 4.88 Å². The lowest BCUT2D eigenvalue weighted by Crippen LogP contribution is -2.16. The van der Waals surface area contributed by atoms with E-state index < -0.39 is 0 Å². The minimum atomic E-state index is -0.112. The van der Waals surface area contributed by atoms with Crippen molar-refractivity contribution < 1.29 is 4.79 Å². The highest BCUT2D eigenvalue weighted by atomic mass is 32.1. The smallest absolute Gasteiger partial charge is 0.262 e. The van der Waals surface area contributed by atoms with Crippen LogP contribution < -0.4 is 5.32 Å². The molecule has 128 valence electrons. The lowest BCUT2D eigenvalue weighted by molar-refractivity contribution is 0.0967. The Morgan fingerprint density at radius 1 is 1.08 bits per heavy atom. The van der Waals surface area contributed by atoms with Gasteiger partial charge in [-0.3, -0.25) is 9.36 Å². The largest absolute Gasteiger partial charge is 0.354 e. The molecule has 6 heteroatoms. The Balaban J connectivity index is 1.54. The number of benzene rings is 2. The molecule has 0 spiro atoms. The van der Waals surface area contributed by atoms with Gasteiger partial charge < -0.3 is 5.32 Å². The zero-order chi connectivity index (χ0) is 17.9. The Labute approximate surface area is 154 Å². The molecule has 0 radical (unpaired) electrons. The fraction of sp³-hybridized carbons (Fsp3) is 0.0500. The van der Waals surface area contributed by atoms with Crippen molar-refractivity contribution in [3.05, 3.63) is 76.5 Å². The summed E-state index contributed by atoms with van der Waals surface area (Å²) < 4.78 is 2.07. The summed E-state index contributed by atoms with van der Waals surface area (Å²) in [6.45, 7) is 0. The number of hydrogen-bond acceptors (Lipinski definition) is 4. The number of hydrogen-bond donors (Lipinski definition) is 1. The summed E-state index contributed by atoms with van der Waals surface area (Å²) in [4.78, 5) is 20.9. The Kier molecular flexibility index (Phi) is 4.33. The number of amides is 1. The molecule has 1 N–H and O–H groups in total. The molecule has 1 amide bonds. The number of imidazole rings is 1. The van der Waals surface area contributed by atoms with Crippen molar-refractivity contribution in [2.24, 2.45) is 0 Å². The Hall–Kier alpha value is -3.25. The van der Waals surface area contributed by atoms with Crippen LogP contribution in [0.25, 0.3) is 28.9 Å². The number of fused-ring (bicyclic) bond motifs is 1. The summed E-state index contributed by atoms with van der Waals surface area (Å²) in [5.41, 5.74) is 4.19. The second kappa shape index (κ2) is 6.93. The predicted octanol–water partition coefficient (Wildman–Crippen LogP) is 4.01. The van der Waals surface area contributed by atoms with E-state index >= 15 is 0 Å². The molecule has 0 fully saturated rings. The molecule has 0 saturated heterocycles. The van der Waals surface area contributed by atoms with E-state index in [9.17, 15) is 4.79 Å². The lowest BCUT2D eigenvalue weighted by Gasteiger charge is -2.04. The van der Waals surface area contributed by atoms with Crippen molar-refractivity contribution >= 4 is 40.4 Å². The van der Waals surface area contributed by atoms with Gasteiger partial charge in [-0.25, -0.2) is 9.97 Å². The minimum absolute atomic E-state index is 0.112. The highest BCUT2D eigenvalue weighted by molar-refractivity contribution is 7.14. The maximum Gasteiger partial charge on any atom is 0.262 e. The van der Waals surface area contributed by atoms with E-state index in [1.807, 2.05) is 48.8 Å². The zero-order valence-corrected chi connectivity index (χ0v) is 14.9. The van der Waals surface area contributed by atoms with Crippen LogP contribution in [0, 0.1) is 0 Å². The number of thiazole rings is 1. The molecule has 0 atom stereocenters. The monoisotopic (exact) mass is 360 g/mol. The van der Waals surface area contributed by atoms with Gasteiger partial charge in [0.1, 0.15) is 16.2 Å². The first-order valence-corrected chi connectivity index (χ1v) is 8.95. The molecule has 0 saturated carbocycles. The average molecular weight is 360 g/mol. The topological polar surface area (TPSA) is 59.8 Å². The van der Waals surface area contributed by atoms with Gasteiger partial charge in [0.15, 0.2) is 0 Å². The van der Waals surface area contributed by atoms with Crippen molar-refractivity contribution in [1.82, 2.24) is 19.9 Å². The van der Waals surface area contributed by atoms with E-state index in [0.717, 1.165) is 27.3 Å². The van der Waals surface area contributed by atoms with Gasteiger partial charge in [-0.15, -0.1) is 11.3 Å². The third-order valence-corrected chi connectivity index (χ3v) is 4.98. The fourth-order valence-corrected chi connectivity index (χ4v) is 3.44. The molecule has 4 rings (SSSR count). The SMILES string of the molecule is CNC(=O)c1cnc(/C=C/c2ccc(-n3cnc4ccccc43)cc2)s1. The highest BCUT2D eigenvalue weighted by Gasteiger charge is 2.07. The molecule has 4 aromatic rings. The summed E-state index contributed by atoms with van der Waals surface area (Å²) in [5, 5.41) is 3.40. The van der Waals surface area contributed by atoms with Crippen molar-refractivity contribution in [3.63, 3.8) is 0 Å². The molecule has 0 aliphatic carbocycles. The van der Waals surface area contributed by atoms with E-state index in [1.165, 1.54) is 11.3 Å². The Morgan fingerprint density at radius 2 is 1.88 bits per heavy atom. The van der Waals surface area contributed by atoms with E-state index in [1.54, 1.807) is 13.2 Å². The van der Waals surface area contributed by atoms with Crippen LogP contribution in [0.3, 0.4) is 0 Å². The van der Waals surface area contributed by atoms with Crippen LogP contribution in [0.5, 0.6) is 0 Å². The molecule has 5 nitrogen and oxygen atoms in total. The molecule has 0 bridgehead atoms. The molecule has 2 heterocycles. The predicted molar refractivity (Wildman–Crippen MR) is 106 cm³/mol. The third-order valence-electron chi connectivity index (χ3n) is 4.02. The molecule has 26 heavy (non-hydrogen) atoms. The van der Waals surface area contributed by atoms with Crippen LogP contribution in [-0.2, 0) is 0 Å². The summed E-state index contributed by atoms with van der Waals surface area (Å²) >= 11 is 1.37. The number of carbonyl (C=O) groups is 1. The van der Waals surface area contributed by atoms with Gasteiger partial charge in [0.2, 0.25) is 0 Å². The first-order valence-electron chi connectivity index (χ1n) is 8.13. The van der Waals surface area contributed by atoms with Crippen molar-refractivity contribution in [1.29, 1.82) is 0 Å². The standard InChI is InChI=1S/C20H16N4OS/c1-21-20(25)18-12-22-19(26-18)11-8-14-6-9-15(10-7-14)24-13-23-16-4-2-3-5-17(16)24/h2-13H,1H3,(H,21,25)/b11-8+. The van der Waals surface area contributed by atoms with Gasteiger partial charge in [-0.05, 0) is 35.9 Å². The molecular weight excluding hydrogens is 344 g/mol. The first-order chi connectivity index (χ1) is 12.7. The molecule has 0 aliphatic rings. The van der Waals surface area contributed by atoms with Gasteiger partial charge in [-0.2, -0.15) is 0 Å². The average Bonchev–Trinajstić information content (AvgIpc) is 3.33. The number of para-hydroxylation sites is 2. The summed E-state index contributed by atoms with van der Waals surface area (Å²) in [7, 11) is 1.61.